The molecule has 2 rings (SSSR count). The Morgan fingerprint density at radius 3 is 2.79 bits per heavy atom. The van der Waals surface area contributed by atoms with Crippen molar-refractivity contribution in [3.05, 3.63) is 29.5 Å². The number of nitrogens with one attached hydrogen (secondary N) is 1. The first-order valence-corrected chi connectivity index (χ1v) is 4.27. The van der Waals surface area contributed by atoms with Gasteiger partial charge in [0.15, 0.2) is 0 Å². The van der Waals surface area contributed by atoms with E-state index in [1.807, 2.05) is 13.0 Å². The lowest BCUT2D eigenvalue weighted by molar-refractivity contribution is 0.100. The molecular weight excluding hydrogens is 178 g/mol. The van der Waals surface area contributed by atoms with Crippen LogP contribution in [0.15, 0.2) is 18.3 Å². The molecule has 0 spiro atoms. The number of amides is 1. The van der Waals surface area contributed by atoms with Gasteiger partial charge in [0.05, 0.1) is 16.8 Å². The third kappa shape index (κ3) is 1.04. The van der Waals surface area contributed by atoms with E-state index in [0.717, 1.165) is 16.5 Å². The van der Waals surface area contributed by atoms with Gasteiger partial charge in [-0.05, 0) is 18.6 Å². The van der Waals surface area contributed by atoms with Gasteiger partial charge in [-0.3, -0.25) is 4.79 Å². The summed E-state index contributed by atoms with van der Waals surface area (Å²) in [6, 6.07) is 3.54. The number of hydrogen-bond donors (Lipinski definition) is 3. The third-order valence-electron chi connectivity index (χ3n) is 2.34. The number of aryl methyl sites for hydroxylation is 1. The van der Waals surface area contributed by atoms with Crippen LogP contribution < -0.4 is 11.5 Å². The van der Waals surface area contributed by atoms with Gasteiger partial charge in [0.1, 0.15) is 0 Å². The number of aromatic amines is 1. The molecule has 1 aromatic heterocycles. The van der Waals surface area contributed by atoms with Crippen LogP contribution in [-0.2, 0) is 0 Å². The minimum atomic E-state index is -0.447. The zero-order chi connectivity index (χ0) is 10.3. The van der Waals surface area contributed by atoms with Crippen LogP contribution in [0.2, 0.25) is 0 Å². The zero-order valence-electron chi connectivity index (χ0n) is 7.79. The molecule has 0 bridgehead atoms. The van der Waals surface area contributed by atoms with E-state index >= 15 is 0 Å². The Labute approximate surface area is 80.9 Å². The Hall–Kier alpha value is -1.97. The molecule has 72 valence electrons. The van der Waals surface area contributed by atoms with Crippen LogP contribution in [0.25, 0.3) is 10.9 Å². The van der Waals surface area contributed by atoms with E-state index in [0.29, 0.717) is 11.3 Å². The lowest BCUT2D eigenvalue weighted by atomic mass is 10.1. The number of H-pyrrole nitrogens is 1. The van der Waals surface area contributed by atoms with E-state index in [1.165, 1.54) is 0 Å². The lowest BCUT2D eigenvalue weighted by Crippen LogP contribution is -2.11. The summed E-state index contributed by atoms with van der Waals surface area (Å²) in [5, 5.41) is 0.876. The van der Waals surface area contributed by atoms with Gasteiger partial charge in [-0.25, -0.2) is 0 Å². The monoisotopic (exact) mass is 189 g/mol. The van der Waals surface area contributed by atoms with E-state index in [1.54, 1.807) is 12.3 Å². The van der Waals surface area contributed by atoms with Crippen LogP contribution in [0.5, 0.6) is 0 Å². The molecule has 0 atom stereocenters. The molecular formula is C10H11N3O. The number of rotatable bonds is 1. The van der Waals surface area contributed by atoms with E-state index in [-0.39, 0.29) is 0 Å². The topological polar surface area (TPSA) is 84.9 Å². The quantitative estimate of drug-likeness (QED) is 0.628. The first-order valence-electron chi connectivity index (χ1n) is 4.27. The van der Waals surface area contributed by atoms with Crippen LogP contribution in [0, 0.1) is 6.92 Å². The fraction of sp³-hybridized carbons (Fsp3) is 0.100. The maximum atomic E-state index is 11.1. The second-order valence-corrected chi connectivity index (χ2v) is 3.29. The van der Waals surface area contributed by atoms with Gasteiger partial charge < -0.3 is 16.5 Å². The predicted octanol–water partition coefficient (Wildman–Crippen LogP) is 1.16. The number of fused-ring (bicyclic) bond motifs is 1. The van der Waals surface area contributed by atoms with Crippen molar-refractivity contribution < 1.29 is 4.79 Å². The van der Waals surface area contributed by atoms with Gasteiger partial charge in [0.2, 0.25) is 0 Å². The molecule has 1 aromatic carbocycles. The Bertz CT molecular complexity index is 513. The number of carbonyl (C=O) groups is 1. The summed E-state index contributed by atoms with van der Waals surface area (Å²) in [4.78, 5) is 14.0. The molecule has 4 heteroatoms. The lowest BCUT2D eigenvalue weighted by Gasteiger charge is -2.01. The van der Waals surface area contributed by atoms with Crippen molar-refractivity contribution in [2.24, 2.45) is 5.73 Å². The van der Waals surface area contributed by atoms with Crippen molar-refractivity contribution >= 4 is 22.5 Å². The van der Waals surface area contributed by atoms with Crippen LogP contribution in [0.1, 0.15) is 15.9 Å². The molecule has 1 heterocycles. The number of carbonyl (C=O) groups excluding carboxylic acids is 1. The van der Waals surface area contributed by atoms with Gasteiger partial charge >= 0.3 is 0 Å². The van der Waals surface area contributed by atoms with Crippen LogP contribution in [0.3, 0.4) is 0 Å². The van der Waals surface area contributed by atoms with E-state index in [4.69, 9.17) is 11.5 Å². The maximum Gasteiger partial charge on any atom is 0.250 e. The average molecular weight is 189 g/mol. The van der Waals surface area contributed by atoms with Gasteiger partial charge in [-0.2, -0.15) is 0 Å². The highest BCUT2D eigenvalue weighted by Gasteiger charge is 2.11. The fourth-order valence-electron chi connectivity index (χ4n) is 1.66. The predicted molar refractivity (Wildman–Crippen MR) is 56.0 cm³/mol. The average Bonchev–Trinajstić information content (AvgIpc) is 2.49. The van der Waals surface area contributed by atoms with Crippen LogP contribution in [-0.4, -0.2) is 10.9 Å². The Morgan fingerprint density at radius 2 is 2.14 bits per heavy atom. The highest BCUT2D eigenvalue weighted by atomic mass is 16.1. The first-order chi connectivity index (χ1) is 6.61. The van der Waals surface area contributed by atoms with Gasteiger partial charge in [-0.15, -0.1) is 0 Å². The van der Waals surface area contributed by atoms with Crippen molar-refractivity contribution in [2.75, 3.05) is 5.73 Å². The van der Waals surface area contributed by atoms with Crippen molar-refractivity contribution in [3.8, 4) is 0 Å². The molecule has 2 aromatic rings. The molecule has 0 aliphatic heterocycles. The molecule has 0 aliphatic rings. The summed E-state index contributed by atoms with van der Waals surface area (Å²) in [7, 11) is 0. The second kappa shape index (κ2) is 2.77. The molecule has 4 nitrogen and oxygen atoms in total. The Balaban J connectivity index is 2.90. The summed E-state index contributed by atoms with van der Waals surface area (Å²) < 4.78 is 0. The molecule has 1 amide bonds. The summed E-state index contributed by atoms with van der Waals surface area (Å²) in [5.41, 5.74) is 13.9. The number of nitrogen functional groups attached to an aromatic ring is 1. The minimum absolute atomic E-state index is 0.447. The largest absolute Gasteiger partial charge is 0.397 e. The molecule has 0 saturated heterocycles. The Kier molecular flexibility index (Phi) is 1.70. The number of hydrogen-bond acceptors (Lipinski definition) is 2. The van der Waals surface area contributed by atoms with Crippen LogP contribution >= 0.6 is 0 Å². The zero-order valence-corrected chi connectivity index (χ0v) is 7.79. The van der Waals surface area contributed by atoms with Gasteiger partial charge in [-0.1, -0.05) is 6.07 Å². The number of primary amides is 1. The summed E-state index contributed by atoms with van der Waals surface area (Å²) in [6.45, 7) is 1.94. The van der Waals surface area contributed by atoms with Gasteiger partial charge in [0, 0.05) is 11.6 Å². The number of anilines is 1. The molecule has 0 saturated carbocycles. The third-order valence-corrected chi connectivity index (χ3v) is 2.34. The standard InChI is InChI=1S/C10H11N3O/c1-5-2-3-6(10(12)14)9-8(5)7(11)4-13-9/h2-4,13H,11H2,1H3,(H2,12,14). The van der Waals surface area contributed by atoms with Gasteiger partial charge in [0.25, 0.3) is 5.91 Å². The van der Waals surface area contributed by atoms with Crippen molar-refractivity contribution in [1.29, 1.82) is 0 Å². The number of benzene rings is 1. The number of aromatic nitrogens is 1. The normalized spacial score (nSPS) is 10.6. The highest BCUT2D eigenvalue weighted by molar-refractivity contribution is 6.08. The first kappa shape index (κ1) is 8.62. The van der Waals surface area contributed by atoms with Crippen molar-refractivity contribution in [3.63, 3.8) is 0 Å². The number of nitrogens with two attached hydrogens (primary N) is 2. The minimum Gasteiger partial charge on any atom is -0.397 e. The fourth-order valence-corrected chi connectivity index (χ4v) is 1.66. The van der Waals surface area contributed by atoms with E-state index in [2.05, 4.69) is 4.98 Å². The van der Waals surface area contributed by atoms with Crippen LogP contribution in [0.4, 0.5) is 5.69 Å². The maximum absolute atomic E-state index is 11.1. The Morgan fingerprint density at radius 1 is 1.43 bits per heavy atom. The molecule has 0 radical (unpaired) electrons. The summed E-state index contributed by atoms with van der Waals surface area (Å²) >= 11 is 0. The van der Waals surface area contributed by atoms with Crippen molar-refractivity contribution in [2.45, 2.75) is 6.92 Å². The molecule has 5 N–H and O–H groups in total. The van der Waals surface area contributed by atoms with Crippen molar-refractivity contribution in [1.82, 2.24) is 4.98 Å². The summed E-state index contributed by atoms with van der Waals surface area (Å²) in [5.74, 6) is -0.447. The SMILES string of the molecule is Cc1ccc(C(N)=O)c2[nH]cc(N)c12. The van der Waals surface area contributed by atoms with E-state index in [9.17, 15) is 4.79 Å². The molecule has 0 fully saturated rings. The van der Waals surface area contributed by atoms with E-state index < -0.39 is 5.91 Å². The smallest absolute Gasteiger partial charge is 0.250 e. The highest BCUT2D eigenvalue weighted by Crippen LogP contribution is 2.26. The molecule has 14 heavy (non-hydrogen) atoms. The summed E-state index contributed by atoms with van der Waals surface area (Å²) in [6.07, 6.45) is 1.67. The molecule has 0 aliphatic carbocycles. The molecule has 0 unspecified atom stereocenters. The second-order valence-electron chi connectivity index (χ2n) is 3.29.